The first-order valence-corrected chi connectivity index (χ1v) is 6.62. The number of aliphatic carboxylic acids is 1. The molecule has 0 bridgehead atoms. The Morgan fingerprint density at radius 3 is 2.21 bits per heavy atom. The van der Waals surface area contributed by atoms with Crippen LogP contribution in [0.4, 0.5) is 0 Å². The van der Waals surface area contributed by atoms with Crippen LogP contribution in [0, 0.1) is 0 Å². The van der Waals surface area contributed by atoms with Gasteiger partial charge in [-0.25, -0.2) is 4.79 Å². The van der Waals surface area contributed by atoms with Gasteiger partial charge in [0, 0.05) is 23.1 Å². The zero-order chi connectivity index (χ0) is 14.4. The number of Topliss-reactive ketones (excluding diaryl/α,β-unsaturated/α-hetero) is 1. The number of rotatable bonds is 6. The Hall–Kier alpha value is -1.82. The molecule has 0 spiro atoms. The van der Waals surface area contributed by atoms with Crippen LogP contribution < -0.4 is 5.32 Å². The minimum absolute atomic E-state index is 0.0155. The maximum atomic E-state index is 11.1. The van der Waals surface area contributed by atoms with Gasteiger partial charge in [-0.15, -0.1) is 11.8 Å². The van der Waals surface area contributed by atoms with Crippen molar-refractivity contribution >= 4 is 29.4 Å². The topological polar surface area (TPSA) is 83.5 Å². The number of carboxylic acids is 1. The van der Waals surface area contributed by atoms with Crippen LogP contribution in [0.1, 0.15) is 24.2 Å². The van der Waals surface area contributed by atoms with Crippen LogP contribution in [-0.4, -0.2) is 34.6 Å². The summed E-state index contributed by atoms with van der Waals surface area (Å²) >= 11 is 1.31. The highest BCUT2D eigenvalue weighted by Crippen LogP contribution is 2.19. The Labute approximate surface area is 115 Å². The van der Waals surface area contributed by atoms with Crippen molar-refractivity contribution in [3.05, 3.63) is 29.8 Å². The summed E-state index contributed by atoms with van der Waals surface area (Å²) in [6, 6.07) is 5.98. The smallest absolute Gasteiger partial charge is 0.327 e. The molecule has 0 radical (unpaired) electrons. The molecule has 1 atom stereocenters. The van der Waals surface area contributed by atoms with Crippen LogP contribution in [0.3, 0.4) is 0 Å². The lowest BCUT2D eigenvalue weighted by Gasteiger charge is -2.12. The summed E-state index contributed by atoms with van der Waals surface area (Å²) in [4.78, 5) is 33.7. The molecule has 1 aromatic carbocycles. The number of nitrogens with one attached hydrogen (secondary N) is 1. The highest BCUT2D eigenvalue weighted by molar-refractivity contribution is 7.99. The first kappa shape index (κ1) is 15.2. The van der Waals surface area contributed by atoms with E-state index in [4.69, 9.17) is 5.11 Å². The SMILES string of the molecule is CC(=O)N[C@@H](CSc1ccc(C(C)=O)cc1)C(=O)O. The van der Waals surface area contributed by atoms with Gasteiger partial charge in [0.05, 0.1) is 0 Å². The van der Waals surface area contributed by atoms with E-state index in [-0.39, 0.29) is 17.4 Å². The van der Waals surface area contributed by atoms with Crippen molar-refractivity contribution in [1.82, 2.24) is 5.32 Å². The Kier molecular flexibility index (Phi) is 5.57. The normalized spacial score (nSPS) is 11.7. The van der Waals surface area contributed by atoms with Crippen molar-refractivity contribution < 1.29 is 19.5 Å². The summed E-state index contributed by atoms with van der Waals surface area (Å²) in [7, 11) is 0. The van der Waals surface area contributed by atoms with Gasteiger partial charge in [-0.2, -0.15) is 0 Å². The monoisotopic (exact) mass is 281 g/mol. The minimum atomic E-state index is -1.07. The van der Waals surface area contributed by atoms with E-state index in [2.05, 4.69) is 5.32 Å². The molecule has 0 unspecified atom stereocenters. The van der Waals surface area contributed by atoms with Gasteiger partial charge in [0.1, 0.15) is 6.04 Å². The second-order valence-corrected chi connectivity index (χ2v) is 5.08. The van der Waals surface area contributed by atoms with Crippen molar-refractivity contribution in [2.45, 2.75) is 24.8 Å². The van der Waals surface area contributed by atoms with E-state index in [0.717, 1.165) is 4.90 Å². The standard InChI is InChI=1S/C13H15NO4S/c1-8(15)10-3-5-11(6-4-10)19-7-12(13(17)18)14-9(2)16/h3-6,12H,7H2,1-2H3,(H,14,16)(H,17,18)/t12-/m0/s1. The van der Waals surface area contributed by atoms with Gasteiger partial charge in [0.2, 0.25) is 5.91 Å². The van der Waals surface area contributed by atoms with Crippen molar-refractivity contribution in [3.63, 3.8) is 0 Å². The summed E-state index contributed by atoms with van der Waals surface area (Å²) in [6.07, 6.45) is 0. The molecule has 19 heavy (non-hydrogen) atoms. The molecule has 102 valence electrons. The number of ketones is 1. The fraction of sp³-hybridized carbons (Fsp3) is 0.308. The molecular formula is C13H15NO4S. The average Bonchev–Trinajstić information content (AvgIpc) is 2.34. The first-order valence-electron chi connectivity index (χ1n) is 5.64. The van der Waals surface area contributed by atoms with E-state index in [1.165, 1.54) is 25.6 Å². The number of hydrogen-bond donors (Lipinski definition) is 2. The number of carbonyl (C=O) groups excluding carboxylic acids is 2. The summed E-state index contributed by atoms with van der Waals surface area (Å²) < 4.78 is 0. The van der Waals surface area contributed by atoms with Crippen LogP contribution in [0.25, 0.3) is 0 Å². The lowest BCUT2D eigenvalue weighted by Crippen LogP contribution is -2.41. The summed E-state index contributed by atoms with van der Waals surface area (Å²) in [5.41, 5.74) is 0.612. The molecule has 0 fully saturated rings. The molecule has 5 nitrogen and oxygen atoms in total. The third-order valence-corrected chi connectivity index (χ3v) is 3.46. The number of carboxylic acid groups (broad SMARTS) is 1. The van der Waals surface area contributed by atoms with E-state index in [0.29, 0.717) is 5.56 Å². The first-order chi connectivity index (χ1) is 8.90. The molecule has 0 aromatic heterocycles. The van der Waals surface area contributed by atoms with Crippen LogP contribution in [-0.2, 0) is 9.59 Å². The van der Waals surface area contributed by atoms with Crippen LogP contribution in [0.2, 0.25) is 0 Å². The van der Waals surface area contributed by atoms with Gasteiger partial charge in [-0.3, -0.25) is 9.59 Å². The van der Waals surface area contributed by atoms with Crippen molar-refractivity contribution in [3.8, 4) is 0 Å². The molecule has 0 aliphatic heterocycles. The third-order valence-electron chi connectivity index (χ3n) is 2.35. The molecule has 0 heterocycles. The zero-order valence-corrected chi connectivity index (χ0v) is 11.5. The Bertz CT molecular complexity index is 484. The number of amides is 1. The van der Waals surface area contributed by atoms with E-state index in [9.17, 15) is 14.4 Å². The molecule has 1 aromatic rings. The lowest BCUT2D eigenvalue weighted by atomic mass is 10.2. The Morgan fingerprint density at radius 1 is 1.21 bits per heavy atom. The van der Waals surface area contributed by atoms with Gasteiger partial charge >= 0.3 is 5.97 Å². The van der Waals surface area contributed by atoms with Crippen LogP contribution >= 0.6 is 11.8 Å². The molecule has 1 amide bonds. The van der Waals surface area contributed by atoms with Crippen molar-refractivity contribution in [2.75, 3.05) is 5.75 Å². The highest BCUT2D eigenvalue weighted by atomic mass is 32.2. The van der Waals surface area contributed by atoms with E-state index in [1.807, 2.05) is 0 Å². The van der Waals surface area contributed by atoms with Crippen LogP contribution in [0.15, 0.2) is 29.2 Å². The van der Waals surface area contributed by atoms with Gasteiger partial charge < -0.3 is 10.4 Å². The van der Waals surface area contributed by atoms with Gasteiger partial charge in [-0.1, -0.05) is 12.1 Å². The molecule has 0 aliphatic rings. The highest BCUT2D eigenvalue weighted by Gasteiger charge is 2.18. The maximum absolute atomic E-state index is 11.1. The predicted molar refractivity (Wildman–Crippen MR) is 72.4 cm³/mol. The van der Waals surface area contributed by atoms with Crippen molar-refractivity contribution in [2.24, 2.45) is 0 Å². The predicted octanol–water partition coefficient (Wildman–Crippen LogP) is 1.57. The molecule has 0 saturated carbocycles. The van der Waals surface area contributed by atoms with Crippen molar-refractivity contribution in [1.29, 1.82) is 0 Å². The summed E-state index contributed by atoms with van der Waals surface area (Å²) in [5, 5.41) is 11.3. The number of benzene rings is 1. The largest absolute Gasteiger partial charge is 0.480 e. The second kappa shape index (κ2) is 6.94. The fourth-order valence-corrected chi connectivity index (χ4v) is 2.30. The number of carbonyl (C=O) groups is 3. The molecule has 2 N–H and O–H groups in total. The van der Waals surface area contributed by atoms with Gasteiger partial charge in [-0.05, 0) is 19.1 Å². The zero-order valence-electron chi connectivity index (χ0n) is 10.7. The minimum Gasteiger partial charge on any atom is -0.480 e. The molecule has 0 saturated heterocycles. The van der Waals surface area contributed by atoms with Gasteiger partial charge in [0.25, 0.3) is 0 Å². The van der Waals surface area contributed by atoms with Crippen LogP contribution in [0.5, 0.6) is 0 Å². The Morgan fingerprint density at radius 2 is 1.79 bits per heavy atom. The quantitative estimate of drug-likeness (QED) is 0.611. The number of hydrogen-bond acceptors (Lipinski definition) is 4. The molecule has 1 rings (SSSR count). The molecule has 0 aliphatic carbocycles. The third kappa shape index (κ3) is 5.13. The van der Waals surface area contributed by atoms with Gasteiger partial charge in [0.15, 0.2) is 5.78 Å². The second-order valence-electron chi connectivity index (χ2n) is 3.98. The number of thioether (sulfide) groups is 1. The van der Waals surface area contributed by atoms with E-state index < -0.39 is 12.0 Å². The van der Waals surface area contributed by atoms with E-state index in [1.54, 1.807) is 24.3 Å². The Balaban J connectivity index is 2.61. The lowest BCUT2D eigenvalue weighted by molar-refractivity contribution is -0.140. The maximum Gasteiger partial charge on any atom is 0.327 e. The van der Waals surface area contributed by atoms with E-state index >= 15 is 0 Å². The fourth-order valence-electron chi connectivity index (χ4n) is 1.39. The molecule has 6 heteroatoms. The average molecular weight is 281 g/mol. The summed E-state index contributed by atoms with van der Waals surface area (Å²) in [6.45, 7) is 2.77. The summed E-state index contributed by atoms with van der Waals surface area (Å²) in [5.74, 6) is -1.23. The molecular weight excluding hydrogens is 266 g/mol.